The Morgan fingerprint density at radius 1 is 1.22 bits per heavy atom. The summed E-state index contributed by atoms with van der Waals surface area (Å²) in [6.45, 7) is 17.0. The second-order valence-corrected chi connectivity index (χ2v) is 12.2. The molecule has 0 aromatic carbocycles. The molecule has 0 bridgehead atoms. The van der Waals surface area contributed by atoms with E-state index >= 15 is 0 Å². The summed E-state index contributed by atoms with van der Waals surface area (Å²) >= 11 is 0. The Labute approximate surface area is 191 Å². The van der Waals surface area contributed by atoms with Crippen molar-refractivity contribution < 1.29 is 9.53 Å². The van der Waals surface area contributed by atoms with Crippen LogP contribution in [0.3, 0.4) is 0 Å². The van der Waals surface area contributed by atoms with Crippen molar-refractivity contribution in [1.82, 2.24) is 19.4 Å². The first-order valence-corrected chi connectivity index (χ1v) is 11.6. The molecule has 2 aromatic rings. The van der Waals surface area contributed by atoms with E-state index in [1.54, 1.807) is 11.6 Å². The second kappa shape index (κ2) is 8.23. The Morgan fingerprint density at radius 2 is 1.88 bits per heavy atom. The molecule has 1 amide bonds. The number of nitrogens with zero attached hydrogens (tertiary/aromatic N) is 3. The Balaban J connectivity index is 1.87. The predicted molar refractivity (Wildman–Crippen MR) is 128 cm³/mol. The number of imidazole rings is 1. The molecule has 2 aromatic heterocycles. The molecule has 7 heteroatoms. The summed E-state index contributed by atoms with van der Waals surface area (Å²) in [5.41, 5.74) is 1.97. The van der Waals surface area contributed by atoms with Crippen LogP contribution in [0.4, 0.5) is 4.79 Å². The fourth-order valence-electron chi connectivity index (χ4n) is 4.56. The van der Waals surface area contributed by atoms with Gasteiger partial charge >= 0.3 is 11.8 Å². The van der Waals surface area contributed by atoms with Gasteiger partial charge in [-0.05, 0) is 63.0 Å². The minimum absolute atomic E-state index is 0.00765. The fourth-order valence-corrected chi connectivity index (χ4v) is 4.56. The number of aromatic nitrogens is 3. The van der Waals surface area contributed by atoms with Crippen molar-refractivity contribution in [1.29, 1.82) is 0 Å². The normalized spacial score (nSPS) is 21.5. The van der Waals surface area contributed by atoms with Crippen LogP contribution in [0.1, 0.15) is 86.3 Å². The van der Waals surface area contributed by atoms with Crippen LogP contribution in [0.2, 0.25) is 0 Å². The first-order chi connectivity index (χ1) is 14.6. The maximum absolute atomic E-state index is 12.9. The number of carbonyl (C=O) groups excluding carboxylic acids is 1. The Bertz CT molecular complexity index is 1050. The van der Waals surface area contributed by atoms with Gasteiger partial charge in [-0.15, -0.1) is 0 Å². The zero-order valence-electron chi connectivity index (χ0n) is 21.2. The van der Waals surface area contributed by atoms with Crippen LogP contribution < -0.4 is 11.0 Å². The zero-order valence-corrected chi connectivity index (χ0v) is 21.2. The van der Waals surface area contributed by atoms with E-state index < -0.39 is 5.60 Å². The van der Waals surface area contributed by atoms with Gasteiger partial charge in [0.2, 0.25) is 0 Å². The van der Waals surface area contributed by atoms with Gasteiger partial charge in [0.15, 0.2) is 5.65 Å². The van der Waals surface area contributed by atoms with Gasteiger partial charge in [-0.25, -0.2) is 14.6 Å². The van der Waals surface area contributed by atoms with E-state index in [0.717, 1.165) is 36.1 Å². The van der Waals surface area contributed by atoms with Crippen molar-refractivity contribution in [2.75, 3.05) is 0 Å². The van der Waals surface area contributed by atoms with Crippen molar-refractivity contribution in [3.8, 4) is 0 Å². The number of ether oxygens (including phenoxy) is 1. The van der Waals surface area contributed by atoms with Crippen LogP contribution in [-0.2, 0) is 18.3 Å². The molecule has 2 unspecified atom stereocenters. The van der Waals surface area contributed by atoms with Crippen molar-refractivity contribution in [2.45, 2.75) is 98.8 Å². The number of pyridine rings is 1. The van der Waals surface area contributed by atoms with Gasteiger partial charge in [0.1, 0.15) is 5.60 Å². The number of alkyl carbamates (subject to hydrolysis) is 1. The minimum atomic E-state index is -0.528. The minimum Gasteiger partial charge on any atom is -0.444 e. The van der Waals surface area contributed by atoms with E-state index in [9.17, 15) is 9.59 Å². The molecule has 178 valence electrons. The van der Waals surface area contributed by atoms with Crippen molar-refractivity contribution in [3.05, 3.63) is 28.3 Å². The van der Waals surface area contributed by atoms with Crippen molar-refractivity contribution in [2.24, 2.45) is 17.9 Å². The lowest BCUT2D eigenvalue weighted by molar-refractivity contribution is 0.0410. The standard InChI is InChI=1S/C25H40N4O3/c1-23(2,3)15-29-18-11-10-17(26-20(18)28(9)22(29)31)16-12-13-25(7,8)19(14-16)27-21(30)32-24(4,5)6/h10-11,16,19H,12-15H2,1-9H3,(H,27,30). The molecule has 1 fully saturated rings. The number of nitrogens with one attached hydrogen (secondary N) is 1. The van der Waals surface area contributed by atoms with Gasteiger partial charge in [0, 0.05) is 31.2 Å². The lowest BCUT2D eigenvalue weighted by Crippen LogP contribution is -2.49. The number of hydrogen-bond donors (Lipinski definition) is 1. The molecule has 1 N–H and O–H groups in total. The number of carbonyl (C=O) groups is 1. The Morgan fingerprint density at radius 3 is 2.47 bits per heavy atom. The predicted octanol–water partition coefficient (Wildman–Crippen LogP) is 4.97. The summed E-state index contributed by atoms with van der Waals surface area (Å²) in [4.78, 5) is 30.2. The van der Waals surface area contributed by atoms with Crippen LogP contribution in [0.25, 0.3) is 11.2 Å². The van der Waals surface area contributed by atoms with Gasteiger partial charge < -0.3 is 10.1 Å². The summed E-state index contributed by atoms with van der Waals surface area (Å²) in [6, 6.07) is 4.07. The summed E-state index contributed by atoms with van der Waals surface area (Å²) in [7, 11) is 1.79. The van der Waals surface area contributed by atoms with Crippen molar-refractivity contribution in [3.63, 3.8) is 0 Å². The van der Waals surface area contributed by atoms with Crippen LogP contribution >= 0.6 is 0 Å². The molecular formula is C25H40N4O3. The van der Waals surface area contributed by atoms with Crippen LogP contribution in [0.5, 0.6) is 0 Å². The summed E-state index contributed by atoms with van der Waals surface area (Å²) in [5, 5.41) is 3.10. The highest BCUT2D eigenvalue weighted by atomic mass is 16.6. The molecule has 1 aliphatic carbocycles. The molecule has 0 spiro atoms. The van der Waals surface area contributed by atoms with Gasteiger partial charge in [0.25, 0.3) is 0 Å². The molecule has 2 heterocycles. The molecule has 1 saturated carbocycles. The highest BCUT2D eigenvalue weighted by Crippen LogP contribution is 2.42. The average Bonchev–Trinajstić information content (AvgIpc) is 2.85. The number of fused-ring (bicyclic) bond motifs is 1. The second-order valence-electron chi connectivity index (χ2n) is 12.2. The van der Waals surface area contributed by atoms with Gasteiger partial charge in [0.05, 0.1) is 5.52 Å². The van der Waals surface area contributed by atoms with E-state index in [-0.39, 0.29) is 34.6 Å². The molecular weight excluding hydrogens is 404 g/mol. The molecule has 1 aliphatic rings. The molecule has 0 saturated heterocycles. The molecule has 0 aliphatic heterocycles. The van der Waals surface area contributed by atoms with Gasteiger partial charge in [-0.1, -0.05) is 34.6 Å². The van der Waals surface area contributed by atoms with Crippen LogP contribution in [0, 0.1) is 10.8 Å². The summed E-state index contributed by atoms with van der Waals surface area (Å²) in [5.74, 6) is 0.216. The maximum Gasteiger partial charge on any atom is 0.407 e. The topological polar surface area (TPSA) is 78.2 Å². The van der Waals surface area contributed by atoms with E-state index in [0.29, 0.717) is 6.54 Å². The first kappa shape index (κ1) is 24.3. The lowest BCUT2D eigenvalue weighted by atomic mass is 9.68. The largest absolute Gasteiger partial charge is 0.444 e. The average molecular weight is 445 g/mol. The van der Waals surface area contributed by atoms with Crippen LogP contribution in [0.15, 0.2) is 16.9 Å². The maximum atomic E-state index is 12.9. The van der Waals surface area contributed by atoms with E-state index in [2.05, 4.69) is 46.0 Å². The third-order valence-corrected chi connectivity index (χ3v) is 6.34. The summed E-state index contributed by atoms with van der Waals surface area (Å²) in [6.07, 6.45) is 2.39. The van der Waals surface area contributed by atoms with Crippen LogP contribution in [-0.4, -0.2) is 31.9 Å². The Hall–Kier alpha value is -2.31. The van der Waals surface area contributed by atoms with Gasteiger partial charge in [-0.2, -0.15) is 0 Å². The summed E-state index contributed by atoms with van der Waals surface area (Å²) < 4.78 is 8.97. The number of rotatable bonds is 3. The fraction of sp³-hybridized carbons (Fsp3) is 0.720. The van der Waals surface area contributed by atoms with E-state index in [1.807, 2.05) is 31.4 Å². The van der Waals surface area contributed by atoms with Gasteiger partial charge in [-0.3, -0.25) is 9.13 Å². The monoisotopic (exact) mass is 444 g/mol. The van der Waals surface area contributed by atoms with E-state index in [4.69, 9.17) is 9.72 Å². The van der Waals surface area contributed by atoms with E-state index in [1.165, 1.54) is 0 Å². The zero-order chi connectivity index (χ0) is 24.1. The third-order valence-electron chi connectivity index (χ3n) is 6.34. The number of amides is 1. The quantitative estimate of drug-likeness (QED) is 0.725. The molecule has 32 heavy (non-hydrogen) atoms. The third kappa shape index (κ3) is 5.36. The highest BCUT2D eigenvalue weighted by molar-refractivity contribution is 5.72. The number of hydrogen-bond acceptors (Lipinski definition) is 4. The first-order valence-electron chi connectivity index (χ1n) is 11.6. The SMILES string of the molecule is Cn1c(=O)n(CC(C)(C)C)c2ccc(C3CCC(C)(C)C(NC(=O)OC(C)(C)C)C3)nc21. The molecule has 0 radical (unpaired) electrons. The molecule has 3 rings (SSSR count). The highest BCUT2D eigenvalue weighted by Gasteiger charge is 2.39. The molecule has 2 atom stereocenters. The lowest BCUT2D eigenvalue weighted by Gasteiger charge is -2.42. The molecule has 7 nitrogen and oxygen atoms in total. The van der Waals surface area contributed by atoms with Crippen molar-refractivity contribution >= 4 is 17.3 Å². The smallest absolute Gasteiger partial charge is 0.407 e. The Kier molecular flexibility index (Phi) is 6.26. The number of aryl methyl sites for hydroxylation is 1.